The number of aromatic nitrogens is 4. The van der Waals surface area contributed by atoms with Crippen molar-refractivity contribution in [1.82, 2.24) is 18.1 Å². The van der Waals surface area contributed by atoms with Gasteiger partial charge in [-0.1, -0.05) is 60.7 Å². The second-order valence-electron chi connectivity index (χ2n) is 6.32. The summed E-state index contributed by atoms with van der Waals surface area (Å²) in [5.41, 5.74) is 2.44. The number of nitrogens with zero attached hydrogens (tertiary/aromatic N) is 4. The Morgan fingerprint density at radius 1 is 0.593 bits per heavy atom. The van der Waals surface area contributed by atoms with Gasteiger partial charge < -0.3 is 18.1 Å². The van der Waals surface area contributed by atoms with E-state index in [4.69, 9.17) is 24.4 Å². The van der Waals surface area contributed by atoms with Gasteiger partial charge in [0.1, 0.15) is 0 Å². The molecule has 2 heterocycles. The van der Waals surface area contributed by atoms with Crippen LogP contribution in [0.15, 0.2) is 85.5 Å². The third kappa shape index (κ3) is 4.04. The first-order chi connectivity index (χ1) is 13.2. The zero-order chi connectivity index (χ0) is 18.6. The smallest absolute Gasteiger partial charge is 0.350 e. The van der Waals surface area contributed by atoms with Gasteiger partial charge in [-0.2, -0.15) is 0 Å². The van der Waals surface area contributed by atoms with Crippen molar-refractivity contribution in [3.05, 3.63) is 106 Å². The maximum Gasteiger partial charge on any atom is 0.404 e. The summed E-state index contributed by atoms with van der Waals surface area (Å²) in [4.78, 5) is 0. The van der Waals surface area contributed by atoms with E-state index in [0.29, 0.717) is 0 Å². The molecule has 2 aromatic carbocycles. The normalized spacial score (nSPS) is 10.8. The molecular formula is C20H18BN4S2. The van der Waals surface area contributed by atoms with Crippen LogP contribution >= 0.6 is 24.4 Å². The van der Waals surface area contributed by atoms with E-state index in [2.05, 4.69) is 24.3 Å². The molecule has 0 saturated heterocycles. The summed E-state index contributed by atoms with van der Waals surface area (Å²) < 4.78 is 9.40. The van der Waals surface area contributed by atoms with E-state index in [-0.39, 0.29) is 0 Å². The summed E-state index contributed by atoms with van der Waals surface area (Å²) in [6.07, 6.45) is 7.91. The number of hydrogen-bond donors (Lipinski definition) is 0. The summed E-state index contributed by atoms with van der Waals surface area (Å²) in [6, 6.07) is 20.6. The van der Waals surface area contributed by atoms with Crippen molar-refractivity contribution >= 4 is 32.0 Å². The topological polar surface area (TPSA) is 19.7 Å². The fraction of sp³-hybridized carbons (Fsp3) is 0.100. The van der Waals surface area contributed by atoms with Gasteiger partial charge in [-0.3, -0.25) is 0 Å². The molecule has 0 N–H and O–H groups in total. The molecule has 27 heavy (non-hydrogen) atoms. The van der Waals surface area contributed by atoms with Crippen LogP contribution in [0.2, 0.25) is 0 Å². The molecule has 4 nitrogen and oxygen atoms in total. The summed E-state index contributed by atoms with van der Waals surface area (Å²) in [6.45, 7) is 1.50. The Hall–Kier alpha value is -2.64. The molecule has 0 aliphatic heterocycles. The summed E-state index contributed by atoms with van der Waals surface area (Å²) in [5.74, 6) is 0. The summed E-state index contributed by atoms with van der Waals surface area (Å²) >= 11 is 11.2. The second kappa shape index (κ2) is 7.94. The standard InChI is InChI=1S/C20H18BN4S2/c26-19-22(15-17-7-3-1-4-8-17)11-13-24(19)21-25-14-12-23(20(25)27)16-18-9-5-2-6-10-18/h1-14H,15-16H2. The Balaban J connectivity index is 1.52. The molecule has 0 fully saturated rings. The molecule has 0 spiro atoms. The van der Waals surface area contributed by atoms with E-state index in [9.17, 15) is 0 Å². The van der Waals surface area contributed by atoms with Crippen LogP contribution in [0.5, 0.6) is 0 Å². The molecule has 1 radical (unpaired) electrons. The predicted molar refractivity (Wildman–Crippen MR) is 114 cm³/mol. The SMILES string of the molecule is S=c1n([B]n2ccn(Cc3ccccc3)c2=S)ccn1Cc1ccccc1. The molecule has 0 atom stereocenters. The fourth-order valence-corrected chi connectivity index (χ4v) is 3.43. The van der Waals surface area contributed by atoms with Crippen molar-refractivity contribution < 1.29 is 0 Å². The highest BCUT2D eigenvalue weighted by atomic mass is 32.1. The van der Waals surface area contributed by atoms with Gasteiger partial charge in [0.25, 0.3) is 0 Å². The van der Waals surface area contributed by atoms with Crippen molar-refractivity contribution in [3.63, 3.8) is 0 Å². The highest BCUT2D eigenvalue weighted by Crippen LogP contribution is 2.07. The molecule has 0 saturated carbocycles. The minimum absolute atomic E-state index is 0.733. The monoisotopic (exact) mass is 389 g/mol. The van der Waals surface area contributed by atoms with Crippen molar-refractivity contribution in [1.29, 1.82) is 0 Å². The lowest BCUT2D eigenvalue weighted by Gasteiger charge is -2.05. The Kier molecular flexibility index (Phi) is 5.22. The molecule has 0 amide bonds. The Morgan fingerprint density at radius 2 is 1.00 bits per heavy atom. The maximum absolute atomic E-state index is 5.62. The largest absolute Gasteiger partial charge is 0.404 e. The number of imidazole rings is 2. The third-order valence-electron chi connectivity index (χ3n) is 4.39. The Bertz CT molecular complexity index is 1050. The lowest BCUT2D eigenvalue weighted by Crippen LogP contribution is -2.17. The van der Waals surface area contributed by atoms with Gasteiger partial charge in [0.2, 0.25) is 0 Å². The zero-order valence-corrected chi connectivity index (χ0v) is 16.3. The van der Waals surface area contributed by atoms with Crippen LogP contribution in [-0.4, -0.2) is 25.6 Å². The average molecular weight is 389 g/mol. The molecular weight excluding hydrogens is 371 g/mol. The molecule has 0 bridgehead atoms. The van der Waals surface area contributed by atoms with Gasteiger partial charge in [-0.25, -0.2) is 0 Å². The van der Waals surface area contributed by atoms with Gasteiger partial charge in [-0.05, 0) is 35.6 Å². The highest BCUT2D eigenvalue weighted by molar-refractivity contribution is 7.71. The van der Waals surface area contributed by atoms with Crippen molar-refractivity contribution in [2.45, 2.75) is 13.1 Å². The Labute approximate surface area is 169 Å². The number of benzene rings is 2. The van der Waals surface area contributed by atoms with Gasteiger partial charge in [0.15, 0.2) is 9.54 Å². The fourth-order valence-electron chi connectivity index (χ4n) is 2.97. The van der Waals surface area contributed by atoms with Gasteiger partial charge >= 0.3 is 7.55 Å². The predicted octanol–water partition coefficient (Wildman–Crippen LogP) is 4.38. The first kappa shape index (κ1) is 17.8. The molecule has 4 rings (SSSR count). The van der Waals surface area contributed by atoms with E-state index < -0.39 is 0 Å². The minimum atomic E-state index is 0.733. The number of hydrogen-bond acceptors (Lipinski definition) is 2. The molecule has 0 aliphatic rings. The van der Waals surface area contributed by atoms with Crippen LogP contribution in [0, 0.1) is 9.54 Å². The van der Waals surface area contributed by atoms with Crippen LogP contribution < -0.4 is 0 Å². The molecule has 0 unspecified atom stereocenters. The third-order valence-corrected chi connectivity index (χ3v) is 5.28. The minimum Gasteiger partial charge on any atom is -0.350 e. The maximum atomic E-state index is 5.62. The van der Waals surface area contributed by atoms with Crippen LogP contribution in [0.1, 0.15) is 11.1 Å². The molecule has 0 aliphatic carbocycles. The van der Waals surface area contributed by atoms with Crippen LogP contribution in [0.4, 0.5) is 0 Å². The van der Waals surface area contributed by atoms with E-state index >= 15 is 0 Å². The highest BCUT2D eigenvalue weighted by Gasteiger charge is 2.07. The summed E-state index contributed by atoms with van der Waals surface area (Å²) in [7, 11) is 1.92. The zero-order valence-electron chi connectivity index (χ0n) is 14.7. The molecule has 2 aromatic heterocycles. The van der Waals surface area contributed by atoms with E-state index in [1.54, 1.807) is 0 Å². The van der Waals surface area contributed by atoms with Crippen molar-refractivity contribution in [2.75, 3.05) is 0 Å². The lowest BCUT2D eigenvalue weighted by molar-refractivity contribution is 0.768. The quantitative estimate of drug-likeness (QED) is 0.360. The van der Waals surface area contributed by atoms with Gasteiger partial charge in [0, 0.05) is 37.9 Å². The van der Waals surface area contributed by atoms with Crippen LogP contribution in [-0.2, 0) is 13.1 Å². The van der Waals surface area contributed by atoms with Crippen LogP contribution in [0.3, 0.4) is 0 Å². The first-order valence-corrected chi connectivity index (χ1v) is 9.50. The van der Waals surface area contributed by atoms with Crippen molar-refractivity contribution in [3.8, 4) is 0 Å². The average Bonchev–Trinajstić information content (AvgIpc) is 3.21. The first-order valence-electron chi connectivity index (χ1n) is 8.68. The molecule has 7 heteroatoms. The van der Waals surface area contributed by atoms with Gasteiger partial charge in [0.05, 0.1) is 0 Å². The lowest BCUT2D eigenvalue weighted by atomic mass is 10.2. The molecule has 133 valence electrons. The Morgan fingerprint density at radius 3 is 1.41 bits per heavy atom. The van der Waals surface area contributed by atoms with E-state index in [1.807, 2.05) is 86.8 Å². The van der Waals surface area contributed by atoms with Crippen LogP contribution in [0.25, 0.3) is 0 Å². The molecule has 4 aromatic rings. The second-order valence-corrected chi connectivity index (χ2v) is 7.05. The van der Waals surface area contributed by atoms with Crippen molar-refractivity contribution in [2.24, 2.45) is 0 Å². The van der Waals surface area contributed by atoms with E-state index in [0.717, 1.165) is 22.6 Å². The van der Waals surface area contributed by atoms with Gasteiger partial charge in [-0.15, -0.1) is 0 Å². The number of rotatable bonds is 6. The summed E-state index contributed by atoms with van der Waals surface area (Å²) in [5, 5.41) is 0. The van der Waals surface area contributed by atoms with E-state index in [1.165, 1.54) is 11.1 Å².